The smallest absolute Gasteiger partial charge is 0.390 e. The van der Waals surface area contributed by atoms with Crippen LogP contribution in [0.1, 0.15) is 33.6 Å². The van der Waals surface area contributed by atoms with Gasteiger partial charge in [-0.2, -0.15) is 0 Å². The second-order valence-corrected chi connectivity index (χ2v) is 8.70. The van der Waals surface area contributed by atoms with Gasteiger partial charge in [0.1, 0.15) is 17.8 Å². The van der Waals surface area contributed by atoms with Crippen LogP contribution in [0.15, 0.2) is 0 Å². The molecule has 0 aromatic heterocycles. The zero-order chi connectivity index (χ0) is 18.8. The third-order valence-electron chi connectivity index (χ3n) is 4.24. The molecule has 0 spiro atoms. The van der Waals surface area contributed by atoms with Gasteiger partial charge in [0.2, 0.25) is 0 Å². The molecule has 7 atom stereocenters. The summed E-state index contributed by atoms with van der Waals surface area (Å²) in [4.78, 5) is 9.99. The van der Waals surface area contributed by atoms with Gasteiger partial charge in [-0.1, -0.05) is 0 Å². The van der Waals surface area contributed by atoms with Gasteiger partial charge in [0, 0.05) is 12.8 Å². The second-order valence-electron chi connectivity index (χ2n) is 6.62. The fourth-order valence-electron chi connectivity index (χ4n) is 3.16. The van der Waals surface area contributed by atoms with Gasteiger partial charge >= 0.3 is 15.7 Å². The number of aliphatic hydroxyl groups excluding tert-OH is 1. The fraction of sp³-hybridized carbons (Fsp3) is 1.00. The lowest BCUT2D eigenvalue weighted by Gasteiger charge is -2.30. The summed E-state index contributed by atoms with van der Waals surface area (Å²) in [7, 11) is -7.57. The van der Waals surface area contributed by atoms with Crippen LogP contribution in [0.25, 0.3) is 0 Å². The van der Waals surface area contributed by atoms with Gasteiger partial charge < -0.3 is 19.5 Å². The van der Waals surface area contributed by atoms with E-state index in [9.17, 15) is 23.7 Å². The topological polar surface area (TPSA) is 138 Å². The van der Waals surface area contributed by atoms with Gasteiger partial charge in [-0.15, -0.1) is 0 Å². The predicted molar refractivity (Wildman–Crippen MR) is 83.4 cm³/mol. The number of ether oxygens (including phenoxy) is 2. The van der Waals surface area contributed by atoms with Crippen LogP contribution in [0.5, 0.6) is 0 Å². The number of aliphatic hydroxyl groups is 1. The Labute approximate surface area is 146 Å². The number of phosphoric acid groups is 1. The third kappa shape index (κ3) is 5.92. The van der Waals surface area contributed by atoms with Gasteiger partial charge in [-0.05, 0) is 20.8 Å². The van der Waals surface area contributed by atoms with Crippen molar-refractivity contribution in [2.75, 3.05) is 13.2 Å². The highest BCUT2D eigenvalue weighted by Crippen LogP contribution is 2.52. The minimum atomic E-state index is -4.49. The number of rotatable bonds is 8. The minimum absolute atomic E-state index is 0.167. The fourth-order valence-corrected chi connectivity index (χ4v) is 4.52. The lowest BCUT2D eigenvalue weighted by atomic mass is 9.97. The van der Waals surface area contributed by atoms with Crippen molar-refractivity contribution in [3.8, 4) is 0 Å². The molecule has 146 valence electrons. The van der Waals surface area contributed by atoms with E-state index in [1.165, 1.54) is 6.92 Å². The van der Waals surface area contributed by atoms with E-state index in [0.717, 1.165) is 0 Å². The summed E-state index contributed by atoms with van der Waals surface area (Å²) < 4.78 is 59.1. The molecule has 12 heteroatoms. The lowest BCUT2D eigenvalue weighted by Crippen LogP contribution is -2.40. The van der Waals surface area contributed by atoms with Crippen molar-refractivity contribution >= 4 is 15.7 Å². The molecule has 2 fully saturated rings. The monoisotopic (exact) mass is 402 g/mol. The Morgan fingerprint density at radius 1 is 1.24 bits per heavy atom. The predicted octanol–water partition coefficient (Wildman–Crippen LogP) is 1.70. The van der Waals surface area contributed by atoms with Crippen molar-refractivity contribution in [1.29, 1.82) is 0 Å². The molecule has 25 heavy (non-hydrogen) atoms. The van der Waals surface area contributed by atoms with E-state index >= 15 is 0 Å². The van der Waals surface area contributed by atoms with Crippen molar-refractivity contribution in [3.63, 3.8) is 0 Å². The maximum Gasteiger partial charge on any atom is 0.472 e. The first-order valence-electron chi connectivity index (χ1n) is 7.95. The van der Waals surface area contributed by atoms with Crippen LogP contribution in [0.4, 0.5) is 0 Å². The normalized spacial score (nSPS) is 40.9. The van der Waals surface area contributed by atoms with Gasteiger partial charge in [-0.3, -0.25) is 13.6 Å². The van der Waals surface area contributed by atoms with Gasteiger partial charge in [0.25, 0.3) is 0 Å². The molecule has 0 aromatic rings. The Kier molecular flexibility index (Phi) is 6.98. The molecule has 0 saturated carbocycles. The second kappa shape index (κ2) is 8.25. The molecular formula is C13H24O10P2. The SMILES string of the molecule is C[C@H]1C[C@@H](O)[C@@H](COP(=O)(O)O[C@]2(C)C[C@H](C)O[C@@H]2COP(=O)=O)O1. The van der Waals surface area contributed by atoms with E-state index in [1.54, 1.807) is 13.8 Å². The molecule has 0 amide bonds. The molecule has 10 nitrogen and oxygen atoms in total. The molecule has 1 unspecified atom stereocenters. The number of hydrogen-bond acceptors (Lipinski definition) is 9. The molecular weight excluding hydrogens is 378 g/mol. The molecule has 2 heterocycles. The number of hydrogen-bond donors (Lipinski definition) is 2. The van der Waals surface area contributed by atoms with Gasteiger partial charge in [0.15, 0.2) is 0 Å². The highest BCUT2D eigenvalue weighted by Gasteiger charge is 2.50. The van der Waals surface area contributed by atoms with Crippen molar-refractivity contribution in [3.05, 3.63) is 0 Å². The van der Waals surface area contributed by atoms with E-state index in [0.29, 0.717) is 6.42 Å². The lowest BCUT2D eigenvalue weighted by molar-refractivity contribution is -0.0630. The zero-order valence-electron chi connectivity index (χ0n) is 14.3. The van der Waals surface area contributed by atoms with E-state index in [4.69, 9.17) is 18.5 Å². The molecule has 2 rings (SSSR count). The van der Waals surface area contributed by atoms with Crippen LogP contribution in [0.3, 0.4) is 0 Å². The quantitative estimate of drug-likeness (QED) is 0.577. The van der Waals surface area contributed by atoms with Gasteiger partial charge in [-0.25, -0.2) is 13.7 Å². The summed E-state index contributed by atoms with van der Waals surface area (Å²) in [5.74, 6) is 0. The summed E-state index contributed by atoms with van der Waals surface area (Å²) in [5.41, 5.74) is -1.27. The first kappa shape index (κ1) is 21.2. The Bertz CT molecular complexity index is 573. The minimum Gasteiger partial charge on any atom is -0.390 e. The average molecular weight is 402 g/mol. The van der Waals surface area contributed by atoms with E-state index in [2.05, 4.69) is 4.52 Å². The van der Waals surface area contributed by atoms with Gasteiger partial charge in [0.05, 0.1) is 31.5 Å². The van der Waals surface area contributed by atoms with Crippen LogP contribution in [-0.4, -0.2) is 59.3 Å². The van der Waals surface area contributed by atoms with E-state index < -0.39 is 39.6 Å². The Hall–Kier alpha value is -0.150. The zero-order valence-corrected chi connectivity index (χ0v) is 16.1. The highest BCUT2D eigenvalue weighted by molar-refractivity contribution is 7.47. The molecule has 0 aromatic carbocycles. The standard InChI is InChI=1S/C13H24O10P2/c1-8-4-10(14)11(21-8)6-20-25(17,18)23-13(3)5-9(2)22-12(13)7-19-24(15)16/h8-12,14H,4-7H2,1-3H3,(H,17,18)/t8-,9-,10+,11+,12+,13+/m0/s1. The van der Waals surface area contributed by atoms with Crippen molar-refractivity contribution in [2.45, 2.75) is 69.7 Å². The van der Waals surface area contributed by atoms with E-state index in [-0.39, 0.29) is 31.8 Å². The summed E-state index contributed by atoms with van der Waals surface area (Å²) in [6.45, 7) is 4.40. The van der Waals surface area contributed by atoms with Crippen molar-refractivity contribution in [1.82, 2.24) is 0 Å². The maximum atomic E-state index is 12.3. The van der Waals surface area contributed by atoms with Crippen LogP contribution in [-0.2, 0) is 36.7 Å². The Morgan fingerprint density at radius 2 is 1.92 bits per heavy atom. The number of phosphoric ester groups is 1. The first-order valence-corrected chi connectivity index (χ1v) is 10.5. The first-order chi connectivity index (χ1) is 11.5. The molecule has 2 N–H and O–H groups in total. The summed E-state index contributed by atoms with van der Waals surface area (Å²) in [5, 5.41) is 9.78. The Morgan fingerprint density at radius 3 is 2.48 bits per heavy atom. The van der Waals surface area contributed by atoms with Crippen molar-refractivity contribution < 1.29 is 46.7 Å². The summed E-state index contributed by atoms with van der Waals surface area (Å²) >= 11 is 0. The largest absolute Gasteiger partial charge is 0.472 e. The third-order valence-corrected chi connectivity index (χ3v) is 5.72. The maximum absolute atomic E-state index is 12.3. The van der Waals surface area contributed by atoms with Crippen LogP contribution in [0.2, 0.25) is 0 Å². The summed E-state index contributed by atoms with van der Waals surface area (Å²) in [6, 6.07) is 0. The van der Waals surface area contributed by atoms with Crippen LogP contribution in [0, 0.1) is 0 Å². The van der Waals surface area contributed by atoms with Crippen LogP contribution >= 0.6 is 15.7 Å². The van der Waals surface area contributed by atoms with Crippen LogP contribution < -0.4 is 0 Å². The average Bonchev–Trinajstić information content (AvgIpc) is 2.92. The molecule has 0 bridgehead atoms. The molecule has 2 aliphatic rings. The van der Waals surface area contributed by atoms with Crippen molar-refractivity contribution in [2.24, 2.45) is 0 Å². The molecule has 0 aliphatic carbocycles. The molecule has 0 radical (unpaired) electrons. The summed E-state index contributed by atoms with van der Waals surface area (Å²) in [6.07, 6.45) is -2.16. The highest BCUT2D eigenvalue weighted by atomic mass is 31.2. The Balaban J connectivity index is 1.95. The van der Waals surface area contributed by atoms with E-state index in [1.807, 2.05) is 0 Å². The molecule has 2 saturated heterocycles. The molecule has 2 aliphatic heterocycles.